The lowest BCUT2D eigenvalue weighted by atomic mass is 10.1. The van der Waals surface area contributed by atoms with Crippen LogP contribution in [0.5, 0.6) is 0 Å². The fourth-order valence-corrected chi connectivity index (χ4v) is 4.27. The van der Waals surface area contributed by atoms with Gasteiger partial charge in [-0.05, 0) is 35.7 Å². The molecule has 0 aromatic heterocycles. The highest BCUT2D eigenvalue weighted by molar-refractivity contribution is 5.99. The summed E-state index contributed by atoms with van der Waals surface area (Å²) in [5.74, 6) is -0.853. The van der Waals surface area contributed by atoms with Gasteiger partial charge >= 0.3 is 0 Å². The first-order valence-electron chi connectivity index (χ1n) is 11.7. The van der Waals surface area contributed by atoms with Gasteiger partial charge in [-0.2, -0.15) is 0 Å². The molecule has 7 nitrogen and oxygen atoms in total. The molecule has 1 fully saturated rings. The topological polar surface area (TPSA) is 95.7 Å². The Hall–Kier alpha value is -3.97. The Bertz CT molecular complexity index is 1190. The summed E-state index contributed by atoms with van der Waals surface area (Å²) in [7, 11) is 0. The smallest absolute Gasteiger partial charge is 0.264 e. The summed E-state index contributed by atoms with van der Waals surface area (Å²) in [6.07, 6.45) is -0.854. The van der Waals surface area contributed by atoms with Crippen LogP contribution in [0.3, 0.4) is 0 Å². The van der Waals surface area contributed by atoms with E-state index in [1.54, 1.807) is 12.1 Å². The van der Waals surface area contributed by atoms with Gasteiger partial charge in [0.15, 0.2) is 6.17 Å². The van der Waals surface area contributed by atoms with E-state index in [4.69, 9.17) is 5.73 Å². The molecule has 35 heavy (non-hydrogen) atoms. The summed E-state index contributed by atoms with van der Waals surface area (Å²) >= 11 is 0. The largest absolute Gasteiger partial charge is 0.349 e. The molecule has 1 unspecified atom stereocenters. The first-order valence-corrected chi connectivity index (χ1v) is 11.7. The number of carbonyl (C=O) groups is 3. The van der Waals surface area contributed by atoms with Crippen LogP contribution in [0.25, 0.3) is 0 Å². The molecular formula is C28H30N4O3. The zero-order valence-corrected chi connectivity index (χ0v) is 19.8. The van der Waals surface area contributed by atoms with E-state index in [-0.39, 0.29) is 37.2 Å². The number of nitrogens with zero attached hydrogens (tertiary/aromatic N) is 2. The Kier molecular flexibility index (Phi) is 7.57. The van der Waals surface area contributed by atoms with Crippen molar-refractivity contribution in [2.45, 2.75) is 32.6 Å². The average molecular weight is 471 g/mol. The van der Waals surface area contributed by atoms with Crippen molar-refractivity contribution in [3.05, 3.63) is 107 Å². The SMILES string of the molecule is Cc1ccc(C(=O)N2CCN(C(=O)Cc3ccccc3)C2C(=O)NCc2cccc(CN)c2)cc1. The number of rotatable bonds is 7. The van der Waals surface area contributed by atoms with Crippen molar-refractivity contribution in [2.75, 3.05) is 13.1 Å². The number of hydrogen-bond donors (Lipinski definition) is 2. The number of aryl methyl sites for hydroxylation is 1. The standard InChI is InChI=1S/C28H30N4O3/c1-20-10-12-24(13-11-20)28(35)32-15-14-31(25(33)17-21-6-3-2-4-7-21)27(32)26(34)30-19-23-9-5-8-22(16-23)18-29/h2-13,16,27H,14-15,17-19,29H2,1H3,(H,30,34). The van der Waals surface area contributed by atoms with E-state index in [1.165, 1.54) is 9.80 Å². The first-order chi connectivity index (χ1) is 17.0. The second-order valence-electron chi connectivity index (χ2n) is 8.73. The van der Waals surface area contributed by atoms with Crippen LogP contribution in [0.1, 0.15) is 32.6 Å². The predicted octanol–water partition coefficient (Wildman–Crippen LogP) is 2.62. The summed E-state index contributed by atoms with van der Waals surface area (Å²) in [5, 5.41) is 2.92. The maximum atomic E-state index is 13.4. The van der Waals surface area contributed by atoms with E-state index in [9.17, 15) is 14.4 Å². The molecule has 1 atom stereocenters. The van der Waals surface area contributed by atoms with Crippen molar-refractivity contribution in [3.63, 3.8) is 0 Å². The highest BCUT2D eigenvalue weighted by Crippen LogP contribution is 2.21. The van der Waals surface area contributed by atoms with Crippen LogP contribution in [0.2, 0.25) is 0 Å². The summed E-state index contributed by atoms with van der Waals surface area (Å²) in [4.78, 5) is 43.0. The number of hydrogen-bond acceptors (Lipinski definition) is 4. The van der Waals surface area contributed by atoms with Crippen LogP contribution < -0.4 is 11.1 Å². The third kappa shape index (κ3) is 5.75. The molecule has 180 valence electrons. The number of benzene rings is 3. The lowest BCUT2D eigenvalue weighted by Crippen LogP contribution is -2.54. The predicted molar refractivity (Wildman–Crippen MR) is 134 cm³/mol. The van der Waals surface area contributed by atoms with E-state index >= 15 is 0 Å². The number of carbonyl (C=O) groups excluding carboxylic acids is 3. The van der Waals surface area contributed by atoms with Crippen molar-refractivity contribution in [2.24, 2.45) is 5.73 Å². The molecule has 3 aromatic carbocycles. The van der Waals surface area contributed by atoms with Crippen molar-refractivity contribution in [3.8, 4) is 0 Å². The van der Waals surface area contributed by atoms with E-state index in [0.717, 1.165) is 22.3 Å². The van der Waals surface area contributed by atoms with Crippen molar-refractivity contribution in [1.29, 1.82) is 0 Å². The Morgan fingerprint density at radius 3 is 2.23 bits per heavy atom. The van der Waals surface area contributed by atoms with Gasteiger partial charge in [-0.25, -0.2) is 0 Å². The molecule has 3 N–H and O–H groups in total. The van der Waals surface area contributed by atoms with E-state index in [1.807, 2.05) is 73.7 Å². The summed E-state index contributed by atoms with van der Waals surface area (Å²) in [5.41, 5.74) is 9.98. The summed E-state index contributed by atoms with van der Waals surface area (Å²) in [6.45, 7) is 3.21. The number of amides is 3. The maximum Gasteiger partial charge on any atom is 0.264 e. The molecule has 3 amide bonds. The molecule has 0 bridgehead atoms. The van der Waals surface area contributed by atoms with Crippen LogP contribution in [-0.2, 0) is 29.1 Å². The molecule has 7 heteroatoms. The lowest BCUT2D eigenvalue weighted by molar-refractivity contribution is -0.141. The zero-order chi connectivity index (χ0) is 24.8. The van der Waals surface area contributed by atoms with Gasteiger partial charge < -0.3 is 20.9 Å². The molecule has 1 heterocycles. The molecule has 0 spiro atoms. The van der Waals surface area contributed by atoms with Crippen LogP contribution in [0.4, 0.5) is 0 Å². The van der Waals surface area contributed by atoms with Gasteiger partial charge in [-0.3, -0.25) is 14.4 Å². The molecule has 0 aliphatic carbocycles. The minimum Gasteiger partial charge on any atom is -0.349 e. The van der Waals surface area contributed by atoms with Gasteiger partial charge in [0.2, 0.25) is 5.91 Å². The zero-order valence-electron chi connectivity index (χ0n) is 19.8. The fraction of sp³-hybridized carbons (Fsp3) is 0.250. The molecule has 0 saturated carbocycles. The van der Waals surface area contributed by atoms with Crippen molar-refractivity contribution in [1.82, 2.24) is 15.1 Å². The third-order valence-electron chi connectivity index (χ3n) is 6.18. The van der Waals surface area contributed by atoms with Gasteiger partial charge in [0.05, 0.1) is 6.42 Å². The van der Waals surface area contributed by atoms with Crippen LogP contribution in [0, 0.1) is 6.92 Å². The second-order valence-corrected chi connectivity index (χ2v) is 8.73. The lowest BCUT2D eigenvalue weighted by Gasteiger charge is -2.29. The molecular weight excluding hydrogens is 440 g/mol. The van der Waals surface area contributed by atoms with E-state index < -0.39 is 6.17 Å². The van der Waals surface area contributed by atoms with Gasteiger partial charge in [-0.15, -0.1) is 0 Å². The normalized spacial score (nSPS) is 15.2. The molecule has 1 saturated heterocycles. The highest BCUT2D eigenvalue weighted by Gasteiger charge is 2.42. The third-order valence-corrected chi connectivity index (χ3v) is 6.18. The Morgan fingerprint density at radius 2 is 1.51 bits per heavy atom. The number of nitrogens with one attached hydrogen (secondary N) is 1. The molecule has 1 aliphatic heterocycles. The van der Waals surface area contributed by atoms with Crippen molar-refractivity contribution < 1.29 is 14.4 Å². The Morgan fingerprint density at radius 1 is 0.857 bits per heavy atom. The molecule has 0 radical (unpaired) electrons. The maximum absolute atomic E-state index is 13.4. The summed E-state index contributed by atoms with van der Waals surface area (Å²) in [6, 6.07) is 24.3. The Labute approximate surface area is 205 Å². The monoisotopic (exact) mass is 470 g/mol. The van der Waals surface area contributed by atoms with Crippen molar-refractivity contribution >= 4 is 17.7 Å². The first kappa shape index (κ1) is 24.2. The van der Waals surface area contributed by atoms with Gasteiger partial charge in [0.1, 0.15) is 0 Å². The molecule has 3 aromatic rings. The molecule has 1 aliphatic rings. The van der Waals surface area contributed by atoms with Gasteiger partial charge in [0, 0.05) is 31.7 Å². The Balaban J connectivity index is 1.55. The van der Waals surface area contributed by atoms with E-state index in [0.29, 0.717) is 18.7 Å². The van der Waals surface area contributed by atoms with Gasteiger partial charge in [0.25, 0.3) is 11.8 Å². The average Bonchev–Trinajstić information content (AvgIpc) is 3.33. The summed E-state index contributed by atoms with van der Waals surface area (Å²) < 4.78 is 0. The van der Waals surface area contributed by atoms with E-state index in [2.05, 4.69) is 5.32 Å². The highest BCUT2D eigenvalue weighted by atomic mass is 16.2. The van der Waals surface area contributed by atoms with Crippen LogP contribution in [0.15, 0.2) is 78.9 Å². The minimum absolute atomic E-state index is 0.162. The van der Waals surface area contributed by atoms with Crippen LogP contribution in [-0.4, -0.2) is 46.8 Å². The second kappa shape index (κ2) is 11.0. The fourth-order valence-electron chi connectivity index (χ4n) is 4.27. The van der Waals surface area contributed by atoms with Crippen LogP contribution >= 0.6 is 0 Å². The number of nitrogens with two attached hydrogens (primary N) is 1. The molecule has 4 rings (SSSR count). The minimum atomic E-state index is -1.02. The quantitative estimate of drug-likeness (QED) is 0.555. The van der Waals surface area contributed by atoms with Gasteiger partial charge in [-0.1, -0.05) is 72.3 Å².